The topological polar surface area (TPSA) is 58.1 Å². The van der Waals surface area contributed by atoms with Crippen LogP contribution in [0.3, 0.4) is 0 Å². The summed E-state index contributed by atoms with van der Waals surface area (Å²) in [5.74, 6) is 1.12. The largest absolute Gasteiger partial charge is 0.354 e. The second-order valence-electron chi connectivity index (χ2n) is 6.18. The molecule has 0 saturated carbocycles. The molecule has 0 aliphatic carbocycles. The van der Waals surface area contributed by atoms with Crippen molar-refractivity contribution in [3.8, 4) is 0 Å². The molecule has 0 spiro atoms. The van der Waals surface area contributed by atoms with Crippen molar-refractivity contribution < 1.29 is 4.79 Å². The lowest BCUT2D eigenvalue weighted by Gasteiger charge is -2.40. The van der Waals surface area contributed by atoms with E-state index < -0.39 is 0 Å². The van der Waals surface area contributed by atoms with Crippen molar-refractivity contribution in [3.05, 3.63) is 17.8 Å². The van der Waals surface area contributed by atoms with Gasteiger partial charge in [-0.3, -0.25) is 4.79 Å². The molecule has 0 aromatic carbocycles. The second kappa shape index (κ2) is 4.70. The summed E-state index contributed by atoms with van der Waals surface area (Å²) < 4.78 is 0. The third-order valence-corrected chi connectivity index (χ3v) is 4.11. The van der Waals surface area contributed by atoms with Crippen LogP contribution in [-0.2, 0) is 4.79 Å². The number of nitrogens with one attached hydrogen (secondary N) is 1. The summed E-state index contributed by atoms with van der Waals surface area (Å²) in [4.78, 5) is 23.8. The van der Waals surface area contributed by atoms with Gasteiger partial charge >= 0.3 is 0 Å². The fraction of sp³-hybridized carbons (Fsp3) is 0.500. The molecule has 106 valence electrons. The van der Waals surface area contributed by atoms with Gasteiger partial charge in [-0.1, -0.05) is 0 Å². The van der Waals surface area contributed by atoms with Gasteiger partial charge in [0.15, 0.2) is 0 Å². The molecule has 1 aliphatic rings. The molecule has 2 aromatic heterocycles. The summed E-state index contributed by atoms with van der Waals surface area (Å²) in [6.07, 6.45) is 1.59. The Morgan fingerprint density at radius 2 is 2.15 bits per heavy atom. The van der Waals surface area contributed by atoms with Crippen molar-refractivity contribution in [2.45, 2.75) is 26.3 Å². The van der Waals surface area contributed by atoms with Gasteiger partial charge in [0, 0.05) is 18.6 Å². The highest BCUT2D eigenvalue weighted by molar-refractivity contribution is 7.16. The highest BCUT2D eigenvalue weighted by Gasteiger charge is 2.35. The van der Waals surface area contributed by atoms with Crippen molar-refractivity contribution in [2.75, 3.05) is 18.0 Å². The summed E-state index contributed by atoms with van der Waals surface area (Å²) in [5, 5.41) is 6.13. The zero-order valence-electron chi connectivity index (χ0n) is 11.9. The van der Waals surface area contributed by atoms with Crippen LogP contribution in [0.5, 0.6) is 0 Å². The molecule has 6 heteroatoms. The first-order chi connectivity index (χ1) is 9.44. The molecule has 0 radical (unpaired) electrons. The van der Waals surface area contributed by atoms with Crippen LogP contribution in [-0.4, -0.2) is 34.5 Å². The molecule has 20 heavy (non-hydrogen) atoms. The fourth-order valence-corrected chi connectivity index (χ4v) is 3.05. The molecule has 0 unspecified atom stereocenters. The van der Waals surface area contributed by atoms with Crippen LogP contribution in [0.4, 0.5) is 5.82 Å². The molecular formula is C14H18N4OS. The van der Waals surface area contributed by atoms with E-state index in [0.29, 0.717) is 0 Å². The molecule has 3 rings (SSSR count). The summed E-state index contributed by atoms with van der Waals surface area (Å²) in [6, 6.07) is 2.04. The number of amides is 1. The predicted octanol–water partition coefficient (Wildman–Crippen LogP) is 2.04. The number of hydrogen-bond donors (Lipinski definition) is 1. The van der Waals surface area contributed by atoms with E-state index >= 15 is 0 Å². The Labute approximate surface area is 122 Å². The normalized spacial score (nSPS) is 16.2. The molecule has 0 bridgehead atoms. The number of fused-ring (bicyclic) bond motifs is 1. The molecule has 1 amide bonds. The molecule has 1 fully saturated rings. The van der Waals surface area contributed by atoms with E-state index in [0.717, 1.165) is 29.1 Å². The van der Waals surface area contributed by atoms with Crippen LogP contribution >= 0.6 is 11.3 Å². The summed E-state index contributed by atoms with van der Waals surface area (Å²) in [5.41, 5.74) is -0.174. The Bertz CT molecular complexity index is 640. The maximum absolute atomic E-state index is 12.1. The van der Waals surface area contributed by atoms with Crippen molar-refractivity contribution in [2.24, 2.45) is 5.92 Å². The van der Waals surface area contributed by atoms with E-state index in [2.05, 4.69) is 20.2 Å². The molecule has 0 atom stereocenters. The zero-order valence-corrected chi connectivity index (χ0v) is 12.7. The smallest absolute Gasteiger partial charge is 0.227 e. The third-order valence-electron chi connectivity index (χ3n) is 3.29. The van der Waals surface area contributed by atoms with Crippen LogP contribution in [0.15, 0.2) is 17.8 Å². The summed E-state index contributed by atoms with van der Waals surface area (Å²) in [6.45, 7) is 7.45. The summed E-state index contributed by atoms with van der Waals surface area (Å²) in [7, 11) is 0. The number of aromatic nitrogens is 2. The van der Waals surface area contributed by atoms with E-state index in [-0.39, 0.29) is 17.4 Å². The maximum atomic E-state index is 12.1. The molecule has 1 N–H and O–H groups in total. The predicted molar refractivity (Wildman–Crippen MR) is 81.0 cm³/mol. The van der Waals surface area contributed by atoms with E-state index in [4.69, 9.17) is 0 Å². The van der Waals surface area contributed by atoms with E-state index in [1.54, 1.807) is 17.7 Å². The minimum Gasteiger partial charge on any atom is -0.354 e. The van der Waals surface area contributed by atoms with Crippen molar-refractivity contribution in [3.63, 3.8) is 0 Å². The Kier molecular flexibility index (Phi) is 3.12. The number of anilines is 1. The van der Waals surface area contributed by atoms with Crippen LogP contribution < -0.4 is 10.2 Å². The molecule has 2 aromatic rings. The van der Waals surface area contributed by atoms with Gasteiger partial charge in [-0.15, -0.1) is 11.3 Å². The number of hydrogen-bond acceptors (Lipinski definition) is 5. The average Bonchev–Trinajstić information content (AvgIpc) is 2.73. The van der Waals surface area contributed by atoms with Gasteiger partial charge in [-0.25, -0.2) is 9.97 Å². The maximum Gasteiger partial charge on any atom is 0.227 e. The first-order valence-electron chi connectivity index (χ1n) is 6.69. The Hall–Kier alpha value is -1.69. The number of rotatable bonds is 2. The Morgan fingerprint density at radius 3 is 2.85 bits per heavy atom. The van der Waals surface area contributed by atoms with Crippen molar-refractivity contribution in [1.82, 2.24) is 15.3 Å². The molecule has 3 heterocycles. The van der Waals surface area contributed by atoms with E-state index in [1.165, 1.54) is 0 Å². The van der Waals surface area contributed by atoms with Gasteiger partial charge in [0.05, 0.1) is 11.3 Å². The number of thiophene rings is 1. The monoisotopic (exact) mass is 290 g/mol. The first kappa shape index (κ1) is 13.3. The average molecular weight is 290 g/mol. The lowest BCUT2D eigenvalue weighted by molar-refractivity contribution is -0.127. The van der Waals surface area contributed by atoms with Gasteiger partial charge in [-0.05, 0) is 32.2 Å². The SMILES string of the molecule is CC(C)(C)NC(=O)C1CN(c2ncnc3sccc23)C1. The minimum absolute atomic E-state index is 0.0536. The third kappa shape index (κ3) is 2.47. The fourth-order valence-electron chi connectivity index (χ4n) is 2.32. The minimum atomic E-state index is -0.174. The number of nitrogens with zero attached hydrogens (tertiary/aromatic N) is 3. The van der Waals surface area contributed by atoms with Crippen LogP contribution in [0.1, 0.15) is 20.8 Å². The quantitative estimate of drug-likeness (QED) is 0.919. The standard InChI is InChI=1S/C14H18N4OS/c1-14(2,3)17-12(19)9-6-18(7-9)11-10-4-5-20-13(10)16-8-15-11/h4-5,8-9H,6-7H2,1-3H3,(H,17,19). The number of carbonyl (C=O) groups excluding carboxylic acids is 1. The van der Waals surface area contributed by atoms with Crippen LogP contribution in [0.2, 0.25) is 0 Å². The van der Waals surface area contributed by atoms with E-state index in [9.17, 15) is 4.79 Å². The molecule has 5 nitrogen and oxygen atoms in total. The summed E-state index contributed by atoms with van der Waals surface area (Å²) >= 11 is 1.61. The lowest BCUT2D eigenvalue weighted by Crippen LogP contribution is -2.56. The lowest BCUT2D eigenvalue weighted by atomic mass is 9.97. The van der Waals surface area contributed by atoms with Gasteiger partial charge in [0.25, 0.3) is 0 Å². The molecular weight excluding hydrogens is 272 g/mol. The Morgan fingerprint density at radius 1 is 1.40 bits per heavy atom. The van der Waals surface area contributed by atoms with Gasteiger partial charge in [0.1, 0.15) is 17.0 Å². The van der Waals surface area contributed by atoms with Crippen molar-refractivity contribution in [1.29, 1.82) is 0 Å². The Balaban J connectivity index is 1.69. The molecule has 1 saturated heterocycles. The van der Waals surface area contributed by atoms with E-state index in [1.807, 2.05) is 32.2 Å². The van der Waals surface area contributed by atoms with Crippen LogP contribution in [0.25, 0.3) is 10.2 Å². The van der Waals surface area contributed by atoms with Gasteiger partial charge in [-0.2, -0.15) is 0 Å². The first-order valence-corrected chi connectivity index (χ1v) is 7.57. The molecule has 1 aliphatic heterocycles. The van der Waals surface area contributed by atoms with Crippen LogP contribution in [0, 0.1) is 5.92 Å². The highest BCUT2D eigenvalue weighted by Crippen LogP contribution is 2.31. The highest BCUT2D eigenvalue weighted by atomic mass is 32.1. The number of carbonyl (C=O) groups is 1. The van der Waals surface area contributed by atoms with Crippen molar-refractivity contribution >= 4 is 33.3 Å². The van der Waals surface area contributed by atoms with Gasteiger partial charge in [0.2, 0.25) is 5.91 Å². The second-order valence-corrected chi connectivity index (χ2v) is 7.07. The van der Waals surface area contributed by atoms with Gasteiger partial charge < -0.3 is 10.2 Å². The zero-order chi connectivity index (χ0) is 14.3.